The molecule has 30 heavy (non-hydrogen) atoms. The van der Waals surface area contributed by atoms with Crippen molar-refractivity contribution in [1.82, 2.24) is 25.1 Å². The Hall–Kier alpha value is -3.75. The van der Waals surface area contributed by atoms with Crippen LogP contribution in [0.15, 0.2) is 42.9 Å². The molecule has 0 spiro atoms. The first-order valence-electron chi connectivity index (χ1n) is 9.05. The lowest BCUT2D eigenvalue weighted by Gasteiger charge is -2.18. The van der Waals surface area contributed by atoms with E-state index < -0.39 is 11.5 Å². The third kappa shape index (κ3) is 4.29. The molecule has 1 aromatic carbocycles. The topological polar surface area (TPSA) is 120 Å². The summed E-state index contributed by atoms with van der Waals surface area (Å²) >= 11 is 6.18. The van der Waals surface area contributed by atoms with Crippen LogP contribution in [-0.2, 0) is 5.41 Å². The van der Waals surface area contributed by atoms with Gasteiger partial charge in [0.25, 0.3) is 5.91 Å². The average Bonchev–Trinajstić information content (AvgIpc) is 3.23. The van der Waals surface area contributed by atoms with Crippen molar-refractivity contribution < 1.29 is 4.79 Å². The number of aromatic nitrogens is 4. The molecule has 1 unspecified atom stereocenters. The Morgan fingerprint density at radius 3 is 2.63 bits per heavy atom. The lowest BCUT2D eigenvalue weighted by atomic mass is 9.85. The fourth-order valence-electron chi connectivity index (χ4n) is 2.79. The number of benzene rings is 1. The number of pyridine rings is 1. The molecule has 0 saturated heterocycles. The van der Waals surface area contributed by atoms with Crippen LogP contribution in [0.25, 0.3) is 5.82 Å². The second-order valence-electron chi connectivity index (χ2n) is 7.21. The number of nitrogens with one attached hydrogen (secondary N) is 1. The summed E-state index contributed by atoms with van der Waals surface area (Å²) in [5, 5.41) is 25.7. The number of carbonyl (C=O) groups excluding carboxylic acids is 1. The summed E-state index contributed by atoms with van der Waals surface area (Å²) in [5.74, 6) is 0.589. The number of nitriles is 2. The van der Waals surface area contributed by atoms with E-state index in [-0.39, 0.29) is 5.91 Å². The predicted molar refractivity (Wildman–Crippen MR) is 110 cm³/mol. The number of hydrogen-bond donors (Lipinski definition) is 1. The van der Waals surface area contributed by atoms with Gasteiger partial charge in [-0.1, -0.05) is 11.6 Å². The zero-order valence-corrected chi connectivity index (χ0v) is 17.3. The highest BCUT2D eigenvalue weighted by molar-refractivity contribution is 6.31. The van der Waals surface area contributed by atoms with Gasteiger partial charge in [-0.15, -0.1) is 0 Å². The van der Waals surface area contributed by atoms with Crippen molar-refractivity contribution in [2.45, 2.75) is 32.2 Å². The first kappa shape index (κ1) is 21.0. The van der Waals surface area contributed by atoms with Crippen LogP contribution in [0.5, 0.6) is 0 Å². The first-order valence-corrected chi connectivity index (χ1v) is 9.42. The van der Waals surface area contributed by atoms with Gasteiger partial charge >= 0.3 is 0 Å². The minimum atomic E-state index is -0.785. The summed E-state index contributed by atoms with van der Waals surface area (Å²) in [7, 11) is 0. The Labute approximate surface area is 178 Å². The van der Waals surface area contributed by atoms with Crippen molar-refractivity contribution in [1.29, 1.82) is 10.5 Å². The second kappa shape index (κ2) is 8.32. The number of amides is 1. The van der Waals surface area contributed by atoms with Crippen molar-refractivity contribution in [2.24, 2.45) is 0 Å². The van der Waals surface area contributed by atoms with Gasteiger partial charge in [0, 0.05) is 16.8 Å². The minimum absolute atomic E-state index is 0.343. The SMILES string of the molecule is CC(NC(=O)c1cc(Cl)cc(C(C)(C)C#N)c1)c1ncnn1-c1ccc(C#N)cn1. The van der Waals surface area contributed by atoms with Crippen LogP contribution < -0.4 is 5.32 Å². The Morgan fingerprint density at radius 2 is 2.00 bits per heavy atom. The van der Waals surface area contributed by atoms with Crippen molar-refractivity contribution in [3.8, 4) is 18.0 Å². The highest BCUT2D eigenvalue weighted by Gasteiger charge is 2.23. The molecule has 1 amide bonds. The van der Waals surface area contributed by atoms with E-state index >= 15 is 0 Å². The van der Waals surface area contributed by atoms with Crippen molar-refractivity contribution in [3.63, 3.8) is 0 Å². The van der Waals surface area contributed by atoms with Gasteiger partial charge in [0.15, 0.2) is 11.6 Å². The van der Waals surface area contributed by atoms with Crippen molar-refractivity contribution in [3.05, 3.63) is 70.4 Å². The van der Waals surface area contributed by atoms with Crippen molar-refractivity contribution >= 4 is 17.5 Å². The van der Waals surface area contributed by atoms with Crippen molar-refractivity contribution in [2.75, 3.05) is 0 Å². The van der Waals surface area contributed by atoms with E-state index in [0.717, 1.165) is 0 Å². The predicted octanol–water partition coefficient (Wildman–Crippen LogP) is 3.48. The average molecular weight is 420 g/mol. The van der Waals surface area contributed by atoms with Crippen LogP contribution in [0.2, 0.25) is 5.02 Å². The lowest BCUT2D eigenvalue weighted by Crippen LogP contribution is -2.29. The van der Waals surface area contributed by atoms with Gasteiger partial charge in [-0.25, -0.2) is 9.97 Å². The molecule has 1 N–H and O–H groups in total. The molecule has 0 aliphatic carbocycles. The molecule has 0 aliphatic rings. The van der Waals surface area contributed by atoms with E-state index in [1.165, 1.54) is 17.2 Å². The van der Waals surface area contributed by atoms with E-state index in [0.29, 0.717) is 33.4 Å². The lowest BCUT2D eigenvalue weighted by molar-refractivity contribution is 0.0937. The number of rotatable bonds is 5. The van der Waals surface area contributed by atoms with E-state index in [9.17, 15) is 10.1 Å². The highest BCUT2D eigenvalue weighted by atomic mass is 35.5. The van der Waals surface area contributed by atoms with Crippen LogP contribution >= 0.6 is 11.6 Å². The molecule has 1 atom stereocenters. The number of hydrogen-bond acceptors (Lipinski definition) is 6. The molecule has 0 fully saturated rings. The minimum Gasteiger partial charge on any atom is -0.342 e. The van der Waals surface area contributed by atoms with E-state index in [4.69, 9.17) is 16.9 Å². The maximum absolute atomic E-state index is 12.8. The van der Waals surface area contributed by atoms with Gasteiger partial charge in [0.1, 0.15) is 12.4 Å². The van der Waals surface area contributed by atoms with Gasteiger partial charge in [-0.3, -0.25) is 4.79 Å². The number of carbonyl (C=O) groups is 1. The Kier molecular flexibility index (Phi) is 5.81. The monoisotopic (exact) mass is 419 g/mol. The number of halogens is 1. The van der Waals surface area contributed by atoms with E-state index in [1.54, 1.807) is 51.1 Å². The van der Waals surface area contributed by atoms with Gasteiger partial charge < -0.3 is 5.32 Å². The maximum atomic E-state index is 12.8. The fraction of sp³-hybridized carbons (Fsp3) is 0.238. The molecule has 9 heteroatoms. The van der Waals surface area contributed by atoms with Gasteiger partial charge in [-0.2, -0.15) is 20.3 Å². The maximum Gasteiger partial charge on any atom is 0.251 e. The Bertz CT molecular complexity index is 1170. The molecular formula is C21H18ClN7O. The summed E-state index contributed by atoms with van der Waals surface area (Å²) in [6, 6.07) is 11.9. The number of nitrogens with zero attached hydrogens (tertiary/aromatic N) is 6. The molecular weight excluding hydrogens is 402 g/mol. The Balaban J connectivity index is 1.85. The van der Waals surface area contributed by atoms with Crippen LogP contribution in [0.3, 0.4) is 0 Å². The Morgan fingerprint density at radius 1 is 1.23 bits per heavy atom. The summed E-state index contributed by atoms with van der Waals surface area (Å²) in [6.45, 7) is 5.29. The summed E-state index contributed by atoms with van der Waals surface area (Å²) in [6.07, 6.45) is 2.80. The summed E-state index contributed by atoms with van der Waals surface area (Å²) < 4.78 is 1.49. The molecule has 0 aliphatic heterocycles. The molecule has 3 aromatic rings. The van der Waals surface area contributed by atoms with Gasteiger partial charge in [-0.05, 0) is 56.7 Å². The highest BCUT2D eigenvalue weighted by Crippen LogP contribution is 2.27. The third-order valence-electron chi connectivity index (χ3n) is 4.56. The van der Waals surface area contributed by atoms with Crippen LogP contribution in [0.1, 0.15) is 54.1 Å². The smallest absolute Gasteiger partial charge is 0.251 e. The van der Waals surface area contributed by atoms with Crippen LogP contribution in [-0.4, -0.2) is 25.7 Å². The molecule has 0 bridgehead atoms. The molecule has 3 rings (SSSR count). The summed E-state index contributed by atoms with van der Waals surface area (Å²) in [5.41, 5.74) is 0.641. The van der Waals surface area contributed by atoms with Crippen LogP contribution in [0, 0.1) is 22.7 Å². The van der Waals surface area contributed by atoms with Gasteiger partial charge in [0.2, 0.25) is 0 Å². The van der Waals surface area contributed by atoms with E-state index in [1.807, 2.05) is 6.07 Å². The molecule has 2 heterocycles. The standard InChI is InChI=1S/C21H18ClN7O/c1-13(19-26-12-27-29(19)18-5-4-14(9-23)10-25-18)28-20(30)15-6-16(8-17(22)7-15)21(2,3)11-24/h4-8,10,12-13H,1-3H3,(H,28,30). The molecule has 150 valence electrons. The molecule has 0 saturated carbocycles. The largest absolute Gasteiger partial charge is 0.342 e. The summed E-state index contributed by atoms with van der Waals surface area (Å²) in [4.78, 5) is 21.3. The quantitative estimate of drug-likeness (QED) is 0.675. The molecule has 2 aromatic heterocycles. The van der Waals surface area contributed by atoms with E-state index in [2.05, 4.69) is 26.5 Å². The second-order valence-corrected chi connectivity index (χ2v) is 7.64. The first-order chi connectivity index (χ1) is 14.2. The fourth-order valence-corrected chi connectivity index (χ4v) is 3.03. The third-order valence-corrected chi connectivity index (χ3v) is 4.78. The van der Waals surface area contributed by atoms with Gasteiger partial charge in [0.05, 0.1) is 23.1 Å². The van der Waals surface area contributed by atoms with Crippen LogP contribution in [0.4, 0.5) is 0 Å². The zero-order valence-electron chi connectivity index (χ0n) is 16.6. The molecule has 0 radical (unpaired) electrons. The molecule has 8 nitrogen and oxygen atoms in total. The normalized spacial score (nSPS) is 11.9. The zero-order chi connectivity index (χ0) is 21.9.